The summed E-state index contributed by atoms with van der Waals surface area (Å²) in [6.07, 6.45) is 3.80. The first kappa shape index (κ1) is 16.0. The van der Waals surface area contributed by atoms with Crippen LogP contribution in [-0.4, -0.2) is 36.9 Å². The molecule has 5 nitrogen and oxygen atoms in total. The van der Waals surface area contributed by atoms with Crippen molar-refractivity contribution in [1.82, 2.24) is 4.31 Å². The molecule has 0 amide bonds. The molecule has 0 radical (unpaired) electrons. The van der Waals surface area contributed by atoms with Crippen molar-refractivity contribution in [3.05, 3.63) is 28.8 Å². The zero-order valence-electron chi connectivity index (χ0n) is 12.4. The molecule has 0 atom stereocenters. The van der Waals surface area contributed by atoms with Gasteiger partial charge in [0, 0.05) is 13.1 Å². The van der Waals surface area contributed by atoms with Gasteiger partial charge in [0.25, 0.3) is 0 Å². The van der Waals surface area contributed by atoms with Crippen LogP contribution in [0.5, 0.6) is 0 Å². The molecular weight excluding hydrogens is 290 g/mol. The minimum atomic E-state index is -3.62. The number of carboxylic acid groups (broad SMARTS) is 1. The Morgan fingerprint density at radius 1 is 1.10 bits per heavy atom. The topological polar surface area (TPSA) is 74.7 Å². The Bertz CT molecular complexity index is 644. The number of benzene rings is 1. The second-order valence-corrected chi connectivity index (χ2v) is 7.41. The van der Waals surface area contributed by atoms with Gasteiger partial charge in [-0.15, -0.1) is 0 Å². The molecule has 1 saturated heterocycles. The van der Waals surface area contributed by atoms with E-state index in [1.807, 2.05) is 0 Å². The fourth-order valence-corrected chi connectivity index (χ4v) is 4.60. The Kier molecular flexibility index (Phi) is 4.68. The fourth-order valence-electron chi connectivity index (χ4n) is 2.86. The number of rotatable bonds is 3. The van der Waals surface area contributed by atoms with Gasteiger partial charge in [-0.05, 0) is 43.9 Å². The van der Waals surface area contributed by atoms with Gasteiger partial charge in [0.15, 0.2) is 0 Å². The molecule has 116 valence electrons. The molecule has 21 heavy (non-hydrogen) atoms. The van der Waals surface area contributed by atoms with Crippen molar-refractivity contribution in [1.29, 1.82) is 0 Å². The minimum Gasteiger partial charge on any atom is -0.478 e. The van der Waals surface area contributed by atoms with Crippen molar-refractivity contribution in [3.63, 3.8) is 0 Å². The molecule has 0 aromatic heterocycles. The van der Waals surface area contributed by atoms with Gasteiger partial charge in [-0.25, -0.2) is 13.2 Å². The standard InChI is InChI=1S/C15H21NO4S/c1-11-7-8-13(12(2)14(11)15(17)18)21(19,20)16-9-5-3-4-6-10-16/h7-8H,3-6,9-10H2,1-2H3,(H,17,18). The summed E-state index contributed by atoms with van der Waals surface area (Å²) in [5.74, 6) is -1.09. The normalized spacial score (nSPS) is 17.4. The van der Waals surface area contributed by atoms with E-state index in [1.54, 1.807) is 19.9 Å². The van der Waals surface area contributed by atoms with Gasteiger partial charge in [0.2, 0.25) is 10.0 Å². The Morgan fingerprint density at radius 3 is 2.19 bits per heavy atom. The van der Waals surface area contributed by atoms with E-state index in [9.17, 15) is 18.3 Å². The highest BCUT2D eigenvalue weighted by Crippen LogP contribution is 2.26. The van der Waals surface area contributed by atoms with Crippen molar-refractivity contribution in [3.8, 4) is 0 Å². The van der Waals surface area contributed by atoms with Crippen LogP contribution in [0.1, 0.15) is 47.2 Å². The smallest absolute Gasteiger partial charge is 0.336 e. The quantitative estimate of drug-likeness (QED) is 0.931. The Morgan fingerprint density at radius 2 is 1.67 bits per heavy atom. The fraction of sp³-hybridized carbons (Fsp3) is 0.533. The number of carboxylic acids is 1. The van der Waals surface area contributed by atoms with Gasteiger partial charge in [0.05, 0.1) is 10.5 Å². The molecule has 0 saturated carbocycles. The highest BCUT2D eigenvalue weighted by molar-refractivity contribution is 7.89. The summed E-state index contributed by atoms with van der Waals surface area (Å²) in [5, 5.41) is 9.28. The van der Waals surface area contributed by atoms with Gasteiger partial charge in [-0.1, -0.05) is 18.9 Å². The summed E-state index contributed by atoms with van der Waals surface area (Å²) in [7, 11) is -3.62. The van der Waals surface area contributed by atoms with Crippen molar-refractivity contribution in [2.75, 3.05) is 13.1 Å². The Balaban J connectivity index is 2.49. The number of carbonyl (C=O) groups is 1. The van der Waals surface area contributed by atoms with Crippen LogP contribution in [0.3, 0.4) is 0 Å². The molecule has 0 unspecified atom stereocenters. The first-order valence-corrected chi connectivity index (χ1v) is 8.63. The summed E-state index contributed by atoms with van der Waals surface area (Å²) in [6.45, 7) is 4.27. The SMILES string of the molecule is Cc1ccc(S(=O)(=O)N2CCCCCC2)c(C)c1C(=O)O. The molecular formula is C15H21NO4S. The largest absolute Gasteiger partial charge is 0.478 e. The third-order valence-electron chi connectivity index (χ3n) is 4.02. The molecule has 1 fully saturated rings. The summed E-state index contributed by atoms with van der Waals surface area (Å²) >= 11 is 0. The van der Waals surface area contributed by atoms with Crippen LogP contribution in [-0.2, 0) is 10.0 Å². The highest BCUT2D eigenvalue weighted by atomic mass is 32.2. The molecule has 1 N–H and O–H groups in total. The number of aromatic carboxylic acids is 1. The van der Waals surface area contributed by atoms with Crippen LogP contribution < -0.4 is 0 Å². The molecule has 1 aliphatic heterocycles. The van der Waals surface area contributed by atoms with Gasteiger partial charge in [0.1, 0.15) is 0 Å². The van der Waals surface area contributed by atoms with Crippen molar-refractivity contribution in [2.45, 2.75) is 44.4 Å². The van der Waals surface area contributed by atoms with E-state index < -0.39 is 16.0 Å². The lowest BCUT2D eigenvalue weighted by atomic mass is 10.0. The second-order valence-electron chi connectivity index (χ2n) is 5.50. The van der Waals surface area contributed by atoms with Crippen LogP contribution in [0, 0.1) is 13.8 Å². The number of sulfonamides is 1. The predicted molar refractivity (Wildman–Crippen MR) is 80.1 cm³/mol. The van der Waals surface area contributed by atoms with Gasteiger partial charge < -0.3 is 5.11 Å². The third-order valence-corrected chi connectivity index (χ3v) is 6.06. The van der Waals surface area contributed by atoms with Gasteiger partial charge >= 0.3 is 5.97 Å². The van der Waals surface area contributed by atoms with Crippen molar-refractivity contribution in [2.24, 2.45) is 0 Å². The van der Waals surface area contributed by atoms with E-state index in [0.717, 1.165) is 25.7 Å². The lowest BCUT2D eigenvalue weighted by Crippen LogP contribution is -2.32. The van der Waals surface area contributed by atoms with Crippen molar-refractivity contribution < 1.29 is 18.3 Å². The van der Waals surface area contributed by atoms with Crippen LogP contribution in [0.4, 0.5) is 0 Å². The highest BCUT2D eigenvalue weighted by Gasteiger charge is 2.28. The van der Waals surface area contributed by atoms with E-state index in [-0.39, 0.29) is 10.5 Å². The first-order valence-electron chi connectivity index (χ1n) is 7.19. The summed E-state index contributed by atoms with van der Waals surface area (Å²) in [6, 6.07) is 3.10. The van der Waals surface area contributed by atoms with E-state index in [0.29, 0.717) is 24.2 Å². The Labute approximate surface area is 125 Å². The van der Waals surface area contributed by atoms with Crippen molar-refractivity contribution >= 4 is 16.0 Å². The molecule has 1 aromatic rings. The molecule has 6 heteroatoms. The third kappa shape index (κ3) is 3.11. The number of nitrogens with zero attached hydrogens (tertiary/aromatic N) is 1. The second kappa shape index (κ2) is 6.15. The van der Waals surface area contributed by atoms with E-state index in [2.05, 4.69) is 0 Å². The van der Waals surface area contributed by atoms with E-state index in [1.165, 1.54) is 10.4 Å². The van der Waals surface area contributed by atoms with Gasteiger partial charge in [-0.3, -0.25) is 0 Å². The maximum atomic E-state index is 12.8. The zero-order chi connectivity index (χ0) is 15.6. The molecule has 0 spiro atoms. The lowest BCUT2D eigenvalue weighted by Gasteiger charge is -2.22. The maximum absolute atomic E-state index is 12.8. The minimum absolute atomic E-state index is 0.0888. The predicted octanol–water partition coefficient (Wildman–Crippen LogP) is 2.57. The monoisotopic (exact) mass is 311 g/mol. The molecule has 1 aromatic carbocycles. The van der Waals surface area contributed by atoms with E-state index in [4.69, 9.17) is 0 Å². The number of hydrogen-bond acceptors (Lipinski definition) is 3. The zero-order valence-corrected chi connectivity index (χ0v) is 13.2. The van der Waals surface area contributed by atoms with Gasteiger partial charge in [-0.2, -0.15) is 4.31 Å². The number of hydrogen-bond donors (Lipinski definition) is 1. The van der Waals surface area contributed by atoms with Crippen LogP contribution in [0.2, 0.25) is 0 Å². The summed E-state index contributed by atoms with van der Waals surface area (Å²) in [4.78, 5) is 11.5. The molecule has 1 heterocycles. The summed E-state index contributed by atoms with van der Waals surface area (Å²) in [5.41, 5.74) is 0.993. The average molecular weight is 311 g/mol. The molecule has 0 aliphatic carbocycles. The molecule has 2 rings (SSSR count). The van der Waals surface area contributed by atoms with Crippen LogP contribution in [0.25, 0.3) is 0 Å². The number of aryl methyl sites for hydroxylation is 1. The summed E-state index contributed by atoms with van der Waals surface area (Å²) < 4.78 is 27.0. The van der Waals surface area contributed by atoms with Crippen LogP contribution >= 0.6 is 0 Å². The molecule has 1 aliphatic rings. The van der Waals surface area contributed by atoms with E-state index >= 15 is 0 Å². The maximum Gasteiger partial charge on any atom is 0.336 e. The average Bonchev–Trinajstić information content (AvgIpc) is 2.67. The Hall–Kier alpha value is -1.40. The van der Waals surface area contributed by atoms with Crippen LogP contribution in [0.15, 0.2) is 17.0 Å². The molecule has 0 bridgehead atoms. The lowest BCUT2D eigenvalue weighted by molar-refractivity contribution is 0.0695. The first-order chi connectivity index (χ1) is 9.85.